The molecule has 1 saturated heterocycles. The zero-order valence-corrected chi connectivity index (χ0v) is 14.4. The van der Waals surface area contributed by atoms with Crippen molar-refractivity contribution in [3.05, 3.63) is 29.3 Å². The number of hydrogen-bond acceptors (Lipinski definition) is 6. The van der Waals surface area contributed by atoms with Crippen molar-refractivity contribution >= 4 is 17.7 Å². The molecule has 1 unspecified atom stereocenters. The van der Waals surface area contributed by atoms with Gasteiger partial charge in [-0.15, -0.1) is 0 Å². The first-order valence-corrected chi connectivity index (χ1v) is 8.04. The lowest BCUT2D eigenvalue weighted by Crippen LogP contribution is -2.33. The summed E-state index contributed by atoms with van der Waals surface area (Å²) in [5.74, 6) is -4.83. The van der Waals surface area contributed by atoms with Gasteiger partial charge in [-0.1, -0.05) is 12.1 Å². The second-order valence-corrected chi connectivity index (χ2v) is 5.80. The smallest absolute Gasteiger partial charge is 0.414 e. The number of ether oxygens (including phenoxy) is 1. The maximum atomic E-state index is 14.5. The Morgan fingerprint density at radius 1 is 1.37 bits per heavy atom. The van der Waals surface area contributed by atoms with Crippen LogP contribution in [0, 0.1) is 17.5 Å². The van der Waals surface area contributed by atoms with Crippen molar-refractivity contribution in [3.8, 4) is 11.5 Å². The predicted molar refractivity (Wildman–Crippen MR) is 85.3 cm³/mol. The molecule has 1 fully saturated rings. The number of hydrogen-bond donors (Lipinski definition) is 1. The van der Waals surface area contributed by atoms with Crippen molar-refractivity contribution in [1.29, 1.82) is 0 Å². The molecule has 1 aliphatic rings. The summed E-state index contributed by atoms with van der Waals surface area (Å²) in [6.45, 7) is 2.79. The molecule has 1 atom stereocenters. The van der Waals surface area contributed by atoms with E-state index in [1.54, 1.807) is 6.92 Å². The maximum absolute atomic E-state index is 14.5. The largest absolute Gasteiger partial charge is 0.442 e. The summed E-state index contributed by atoms with van der Waals surface area (Å²) in [7, 11) is 0. The summed E-state index contributed by atoms with van der Waals surface area (Å²) < 4.78 is 53.2. The molecule has 11 heteroatoms. The molecule has 1 aromatic carbocycles. The molecule has 2 aromatic rings. The third kappa shape index (κ3) is 3.57. The monoisotopic (exact) mass is 384 g/mol. The van der Waals surface area contributed by atoms with Crippen molar-refractivity contribution < 1.29 is 32.0 Å². The minimum atomic E-state index is -1.56. The lowest BCUT2D eigenvalue weighted by Gasteiger charge is -2.15. The quantitative estimate of drug-likeness (QED) is 0.794. The molecule has 0 saturated carbocycles. The number of carbonyl (C=O) groups is 2. The number of aryl methyl sites for hydroxylation is 1. The Labute approximate surface area is 151 Å². The molecule has 144 valence electrons. The zero-order chi connectivity index (χ0) is 19.7. The first kappa shape index (κ1) is 18.7. The third-order valence-corrected chi connectivity index (χ3v) is 3.88. The topological polar surface area (TPSA) is 97.6 Å². The summed E-state index contributed by atoms with van der Waals surface area (Å²) in [6, 6.07) is 0.658. The first-order chi connectivity index (χ1) is 12.8. The number of aromatic nitrogens is 2. The van der Waals surface area contributed by atoms with Gasteiger partial charge < -0.3 is 14.6 Å². The highest BCUT2D eigenvalue weighted by Gasteiger charge is 2.36. The molecule has 0 aliphatic carbocycles. The molecule has 2 amide bonds. The second kappa shape index (κ2) is 7.25. The number of cyclic esters (lactones) is 1. The minimum Gasteiger partial charge on any atom is -0.442 e. The number of amides is 2. The standard InChI is InChI=1S/C16H15F3N4O4/c1-3-11-21-15(27-22-11)12-9(17)4-10(13(18)14(12)19)23-6-8(26-16(23)25)5-20-7(2)24/h4,8H,3,5-6H2,1-2H3,(H,20,24). The molecule has 0 radical (unpaired) electrons. The van der Waals surface area contributed by atoms with Gasteiger partial charge in [-0.2, -0.15) is 4.98 Å². The van der Waals surface area contributed by atoms with E-state index in [9.17, 15) is 22.8 Å². The highest BCUT2D eigenvalue weighted by atomic mass is 19.2. The fourth-order valence-corrected chi connectivity index (χ4v) is 2.56. The molecule has 0 bridgehead atoms. The van der Waals surface area contributed by atoms with Crippen molar-refractivity contribution in [2.24, 2.45) is 0 Å². The predicted octanol–water partition coefficient (Wildman–Crippen LogP) is 2.18. The van der Waals surface area contributed by atoms with E-state index in [4.69, 9.17) is 9.26 Å². The first-order valence-electron chi connectivity index (χ1n) is 8.04. The Morgan fingerprint density at radius 2 is 2.11 bits per heavy atom. The maximum Gasteiger partial charge on any atom is 0.414 e. The number of halogens is 3. The number of nitrogens with zero attached hydrogens (tertiary/aromatic N) is 3. The normalized spacial score (nSPS) is 16.6. The Kier molecular flexibility index (Phi) is 5.02. The van der Waals surface area contributed by atoms with Gasteiger partial charge in [0.2, 0.25) is 5.91 Å². The molecule has 0 spiro atoms. The number of anilines is 1. The van der Waals surface area contributed by atoms with Crippen LogP contribution in [0.4, 0.5) is 23.7 Å². The Hall–Kier alpha value is -3.11. The Morgan fingerprint density at radius 3 is 2.74 bits per heavy atom. The third-order valence-electron chi connectivity index (χ3n) is 3.88. The summed E-state index contributed by atoms with van der Waals surface area (Å²) in [5, 5.41) is 5.96. The van der Waals surface area contributed by atoms with E-state index in [2.05, 4.69) is 15.5 Å². The minimum absolute atomic E-state index is 0.00990. The van der Waals surface area contributed by atoms with Crippen LogP contribution in [0.2, 0.25) is 0 Å². The Balaban J connectivity index is 1.91. The molecular formula is C16H15F3N4O4. The van der Waals surface area contributed by atoms with Crippen LogP contribution in [0.1, 0.15) is 19.7 Å². The molecule has 1 aliphatic heterocycles. The van der Waals surface area contributed by atoms with E-state index in [1.165, 1.54) is 6.92 Å². The summed E-state index contributed by atoms with van der Waals surface area (Å²) in [4.78, 5) is 27.4. The van der Waals surface area contributed by atoms with E-state index in [0.717, 1.165) is 4.90 Å². The van der Waals surface area contributed by atoms with Gasteiger partial charge in [0.1, 0.15) is 17.5 Å². The molecular weight excluding hydrogens is 369 g/mol. The van der Waals surface area contributed by atoms with E-state index < -0.39 is 46.8 Å². The molecule has 27 heavy (non-hydrogen) atoms. The van der Waals surface area contributed by atoms with Gasteiger partial charge in [-0.25, -0.2) is 18.0 Å². The number of benzene rings is 1. The van der Waals surface area contributed by atoms with Gasteiger partial charge in [-0.05, 0) is 0 Å². The van der Waals surface area contributed by atoms with Crippen LogP contribution in [0.3, 0.4) is 0 Å². The van der Waals surface area contributed by atoms with Gasteiger partial charge in [0.25, 0.3) is 5.89 Å². The van der Waals surface area contributed by atoms with Gasteiger partial charge in [0.15, 0.2) is 17.5 Å². The van der Waals surface area contributed by atoms with Crippen molar-refractivity contribution in [2.45, 2.75) is 26.4 Å². The SMILES string of the molecule is CCc1noc(-c2c(F)cc(N3CC(CNC(C)=O)OC3=O)c(F)c2F)n1. The van der Waals surface area contributed by atoms with Gasteiger partial charge in [0.05, 0.1) is 18.8 Å². The van der Waals surface area contributed by atoms with E-state index in [1.807, 2.05) is 0 Å². The fourth-order valence-electron chi connectivity index (χ4n) is 2.56. The average Bonchev–Trinajstić information content (AvgIpc) is 3.23. The van der Waals surface area contributed by atoms with Crippen LogP contribution in [-0.4, -0.2) is 41.3 Å². The van der Waals surface area contributed by atoms with Crippen LogP contribution >= 0.6 is 0 Å². The molecule has 1 N–H and O–H groups in total. The average molecular weight is 384 g/mol. The number of carbonyl (C=O) groups excluding carboxylic acids is 2. The highest BCUT2D eigenvalue weighted by molar-refractivity contribution is 5.90. The van der Waals surface area contributed by atoms with Crippen LogP contribution in [0.15, 0.2) is 10.6 Å². The van der Waals surface area contributed by atoms with Crippen LogP contribution in [0.25, 0.3) is 11.5 Å². The lowest BCUT2D eigenvalue weighted by molar-refractivity contribution is -0.119. The van der Waals surface area contributed by atoms with Crippen LogP contribution in [-0.2, 0) is 16.0 Å². The van der Waals surface area contributed by atoms with E-state index >= 15 is 0 Å². The molecule has 2 heterocycles. The van der Waals surface area contributed by atoms with E-state index in [0.29, 0.717) is 12.5 Å². The zero-order valence-electron chi connectivity index (χ0n) is 14.4. The lowest BCUT2D eigenvalue weighted by atomic mass is 10.1. The molecule has 3 rings (SSSR count). The van der Waals surface area contributed by atoms with Crippen molar-refractivity contribution in [2.75, 3.05) is 18.0 Å². The van der Waals surface area contributed by atoms with Crippen LogP contribution in [0.5, 0.6) is 0 Å². The number of rotatable bonds is 5. The molecule has 8 nitrogen and oxygen atoms in total. The second-order valence-electron chi connectivity index (χ2n) is 5.80. The van der Waals surface area contributed by atoms with Gasteiger partial charge in [0, 0.05) is 19.4 Å². The van der Waals surface area contributed by atoms with Gasteiger partial charge >= 0.3 is 6.09 Å². The van der Waals surface area contributed by atoms with Crippen molar-refractivity contribution in [1.82, 2.24) is 15.5 Å². The van der Waals surface area contributed by atoms with E-state index in [-0.39, 0.29) is 24.8 Å². The number of nitrogens with one attached hydrogen (secondary N) is 1. The van der Waals surface area contributed by atoms with Crippen molar-refractivity contribution in [3.63, 3.8) is 0 Å². The Bertz CT molecular complexity index is 902. The van der Waals surface area contributed by atoms with Crippen LogP contribution < -0.4 is 10.2 Å². The molecule has 1 aromatic heterocycles. The fraction of sp³-hybridized carbons (Fsp3) is 0.375. The summed E-state index contributed by atoms with van der Waals surface area (Å²) in [6.07, 6.45) is -1.40. The summed E-state index contributed by atoms with van der Waals surface area (Å²) >= 11 is 0. The summed E-state index contributed by atoms with van der Waals surface area (Å²) in [5.41, 5.74) is -1.44. The van der Waals surface area contributed by atoms with Gasteiger partial charge in [-0.3, -0.25) is 9.69 Å². The highest BCUT2D eigenvalue weighted by Crippen LogP contribution is 2.34.